The van der Waals surface area contributed by atoms with Crippen LogP contribution in [-0.4, -0.2) is 64.2 Å². The van der Waals surface area contributed by atoms with Crippen molar-refractivity contribution in [1.82, 2.24) is 19.7 Å². The van der Waals surface area contributed by atoms with Crippen LogP contribution in [0.25, 0.3) is 0 Å². The third kappa shape index (κ3) is 4.82. The van der Waals surface area contributed by atoms with E-state index in [0.717, 1.165) is 36.3 Å². The Morgan fingerprint density at radius 3 is 2.79 bits per heavy atom. The smallest absolute Gasteiger partial charge is 0.235 e. The highest BCUT2D eigenvalue weighted by atomic mass is 32.2. The Morgan fingerprint density at radius 2 is 2.11 bits per heavy atom. The zero-order valence-corrected chi connectivity index (χ0v) is 17.3. The van der Waals surface area contributed by atoms with Gasteiger partial charge in [0.1, 0.15) is 5.82 Å². The largest absolute Gasteiger partial charge is 0.378 e. The molecule has 9 heteroatoms. The number of thioether (sulfide) groups is 1. The number of nitrogens with zero attached hydrogens (tertiary/aromatic N) is 5. The zero-order chi connectivity index (χ0) is 20.1. The molecule has 0 aliphatic carbocycles. The lowest BCUT2D eigenvalue weighted by atomic mass is 10.2. The van der Waals surface area contributed by atoms with Crippen LogP contribution in [0.4, 0.5) is 10.3 Å². The van der Waals surface area contributed by atoms with Crippen molar-refractivity contribution in [2.45, 2.75) is 37.3 Å². The summed E-state index contributed by atoms with van der Waals surface area (Å²) in [6, 6.07) is 6.31. The molecule has 1 aliphatic rings. The van der Waals surface area contributed by atoms with Crippen LogP contribution in [0.3, 0.4) is 0 Å². The number of hydrogen-bond donors (Lipinski definition) is 0. The molecule has 2 heterocycles. The van der Waals surface area contributed by atoms with E-state index < -0.39 is 0 Å². The van der Waals surface area contributed by atoms with E-state index in [1.807, 2.05) is 24.5 Å². The number of rotatable bonds is 7. The van der Waals surface area contributed by atoms with Crippen molar-refractivity contribution in [1.29, 1.82) is 0 Å². The van der Waals surface area contributed by atoms with Gasteiger partial charge in [-0.3, -0.25) is 9.36 Å². The van der Waals surface area contributed by atoms with Crippen LogP contribution < -0.4 is 4.90 Å². The average molecular weight is 408 g/mol. The van der Waals surface area contributed by atoms with Crippen molar-refractivity contribution in [3.05, 3.63) is 35.6 Å². The molecule has 1 aromatic carbocycles. The SMILES string of the molecule is CCn1c(S[C@H](C)C(=O)N(C)Cc2cccc(F)c2)nnc1N1CCOCC1. The maximum Gasteiger partial charge on any atom is 0.235 e. The summed E-state index contributed by atoms with van der Waals surface area (Å²) in [5.74, 6) is 0.487. The van der Waals surface area contributed by atoms with Crippen LogP contribution in [0, 0.1) is 5.82 Å². The number of amides is 1. The fourth-order valence-corrected chi connectivity index (χ4v) is 4.17. The highest BCUT2D eigenvalue weighted by Crippen LogP contribution is 2.27. The Balaban J connectivity index is 1.65. The molecule has 1 atom stereocenters. The molecular weight excluding hydrogens is 381 g/mol. The Labute approximate surface area is 168 Å². The van der Waals surface area contributed by atoms with Crippen LogP contribution in [0.15, 0.2) is 29.4 Å². The Kier molecular flexibility index (Phi) is 6.90. The fraction of sp³-hybridized carbons (Fsp3) is 0.526. The molecule has 3 rings (SSSR count). The molecule has 1 fully saturated rings. The number of ether oxygens (including phenoxy) is 1. The molecule has 0 bridgehead atoms. The summed E-state index contributed by atoms with van der Waals surface area (Å²) >= 11 is 1.40. The predicted molar refractivity (Wildman–Crippen MR) is 107 cm³/mol. The molecule has 1 aliphatic heterocycles. The molecule has 1 amide bonds. The van der Waals surface area contributed by atoms with Gasteiger partial charge in [-0.15, -0.1) is 10.2 Å². The molecule has 2 aromatic rings. The summed E-state index contributed by atoms with van der Waals surface area (Å²) in [5.41, 5.74) is 0.763. The zero-order valence-electron chi connectivity index (χ0n) is 16.5. The summed E-state index contributed by atoms with van der Waals surface area (Å²) < 4.78 is 20.8. The van der Waals surface area contributed by atoms with Gasteiger partial charge < -0.3 is 14.5 Å². The molecule has 7 nitrogen and oxygen atoms in total. The van der Waals surface area contributed by atoms with Gasteiger partial charge in [0.2, 0.25) is 11.9 Å². The van der Waals surface area contributed by atoms with E-state index in [9.17, 15) is 9.18 Å². The van der Waals surface area contributed by atoms with Crippen molar-refractivity contribution >= 4 is 23.6 Å². The van der Waals surface area contributed by atoms with Crippen molar-refractivity contribution in [3.8, 4) is 0 Å². The monoisotopic (exact) mass is 407 g/mol. The third-order valence-electron chi connectivity index (χ3n) is 4.62. The standard InChI is InChI=1S/C19H26FN5O2S/c1-4-25-18(24-8-10-27-11-9-24)21-22-19(25)28-14(2)17(26)23(3)13-15-6-5-7-16(20)12-15/h5-7,12,14H,4,8-11,13H2,1-3H3/t14-/m1/s1. The second-order valence-corrected chi connectivity index (χ2v) is 8.02. The summed E-state index contributed by atoms with van der Waals surface area (Å²) in [5, 5.41) is 9.05. The van der Waals surface area contributed by atoms with Gasteiger partial charge in [-0.05, 0) is 31.5 Å². The molecular formula is C19H26FN5O2S. The molecule has 0 unspecified atom stereocenters. The van der Waals surface area contributed by atoms with E-state index in [1.165, 1.54) is 23.9 Å². The van der Waals surface area contributed by atoms with Crippen LogP contribution in [0.5, 0.6) is 0 Å². The van der Waals surface area contributed by atoms with Crippen molar-refractivity contribution in [3.63, 3.8) is 0 Å². The number of anilines is 1. The summed E-state index contributed by atoms with van der Waals surface area (Å²) in [4.78, 5) is 16.5. The normalized spacial score (nSPS) is 15.5. The molecule has 1 saturated heterocycles. The van der Waals surface area contributed by atoms with E-state index in [-0.39, 0.29) is 17.0 Å². The Bertz CT molecular complexity index is 809. The van der Waals surface area contributed by atoms with Crippen molar-refractivity contribution in [2.75, 3.05) is 38.3 Å². The molecule has 0 N–H and O–H groups in total. The maximum atomic E-state index is 13.4. The number of aromatic nitrogens is 3. The van der Waals surface area contributed by atoms with Gasteiger partial charge >= 0.3 is 0 Å². The number of carbonyl (C=O) groups excluding carboxylic acids is 1. The second kappa shape index (κ2) is 9.38. The summed E-state index contributed by atoms with van der Waals surface area (Å²) in [7, 11) is 1.73. The summed E-state index contributed by atoms with van der Waals surface area (Å²) in [6.07, 6.45) is 0. The molecule has 0 spiro atoms. The number of halogens is 1. The van der Waals surface area contributed by atoms with Crippen LogP contribution in [0.1, 0.15) is 19.4 Å². The fourth-order valence-electron chi connectivity index (χ4n) is 3.15. The minimum absolute atomic E-state index is 0.0344. The van der Waals surface area contributed by atoms with Crippen LogP contribution >= 0.6 is 11.8 Å². The number of carbonyl (C=O) groups is 1. The van der Waals surface area contributed by atoms with Gasteiger partial charge in [-0.1, -0.05) is 23.9 Å². The molecule has 0 saturated carbocycles. The Morgan fingerprint density at radius 1 is 1.36 bits per heavy atom. The molecule has 0 radical (unpaired) electrons. The first kappa shape index (κ1) is 20.6. The van der Waals surface area contributed by atoms with E-state index in [1.54, 1.807) is 18.0 Å². The van der Waals surface area contributed by atoms with Gasteiger partial charge in [0.25, 0.3) is 0 Å². The van der Waals surface area contributed by atoms with Crippen LogP contribution in [0.2, 0.25) is 0 Å². The van der Waals surface area contributed by atoms with Gasteiger partial charge in [0.05, 0.1) is 18.5 Å². The van der Waals surface area contributed by atoms with Crippen molar-refractivity contribution < 1.29 is 13.9 Å². The third-order valence-corrected chi connectivity index (χ3v) is 5.69. The quantitative estimate of drug-likeness (QED) is 0.657. The van der Waals surface area contributed by atoms with Crippen molar-refractivity contribution in [2.24, 2.45) is 0 Å². The van der Waals surface area contributed by atoms with Gasteiger partial charge in [-0.25, -0.2) is 4.39 Å². The second-order valence-electron chi connectivity index (χ2n) is 6.71. The highest BCUT2D eigenvalue weighted by Gasteiger charge is 2.24. The number of morpholine rings is 1. The van der Waals surface area contributed by atoms with E-state index >= 15 is 0 Å². The van der Waals surface area contributed by atoms with Gasteiger partial charge in [-0.2, -0.15) is 0 Å². The minimum atomic E-state index is -0.328. The molecule has 28 heavy (non-hydrogen) atoms. The van der Waals surface area contributed by atoms with E-state index in [2.05, 4.69) is 15.1 Å². The lowest BCUT2D eigenvalue weighted by Gasteiger charge is -2.27. The van der Waals surface area contributed by atoms with E-state index in [0.29, 0.717) is 19.8 Å². The topological polar surface area (TPSA) is 63.5 Å². The van der Waals surface area contributed by atoms with Gasteiger partial charge in [0, 0.05) is 33.2 Å². The molecule has 1 aromatic heterocycles. The first-order valence-corrected chi connectivity index (χ1v) is 10.3. The lowest BCUT2D eigenvalue weighted by Crippen LogP contribution is -2.38. The van der Waals surface area contributed by atoms with Crippen LogP contribution in [-0.2, 0) is 22.6 Å². The maximum absolute atomic E-state index is 13.4. The average Bonchev–Trinajstić information content (AvgIpc) is 3.10. The predicted octanol–water partition coefficient (Wildman–Crippen LogP) is 2.41. The Hall–Kier alpha value is -2.13. The lowest BCUT2D eigenvalue weighted by molar-refractivity contribution is -0.129. The number of benzene rings is 1. The first-order chi connectivity index (χ1) is 13.5. The first-order valence-electron chi connectivity index (χ1n) is 9.41. The van der Waals surface area contributed by atoms with Gasteiger partial charge in [0.15, 0.2) is 5.16 Å². The van der Waals surface area contributed by atoms with E-state index in [4.69, 9.17) is 4.74 Å². The minimum Gasteiger partial charge on any atom is -0.378 e. The molecule has 152 valence electrons. The number of hydrogen-bond acceptors (Lipinski definition) is 6. The highest BCUT2D eigenvalue weighted by molar-refractivity contribution is 8.00. The summed E-state index contributed by atoms with van der Waals surface area (Å²) in [6.45, 7) is 7.92.